The Morgan fingerprint density at radius 2 is 2.03 bits per heavy atom. The number of hydrogen-bond acceptors (Lipinski definition) is 10. The van der Waals surface area contributed by atoms with Crippen LogP contribution < -0.4 is 15.4 Å². The summed E-state index contributed by atoms with van der Waals surface area (Å²) < 4.78 is 11.2. The molecule has 1 aromatic carbocycles. The first kappa shape index (κ1) is 21.1. The Bertz CT molecular complexity index is 1070. The summed E-state index contributed by atoms with van der Waals surface area (Å²) in [6, 6.07) is 7.54. The summed E-state index contributed by atoms with van der Waals surface area (Å²) >= 11 is 1.25. The molecule has 1 saturated heterocycles. The second-order valence-corrected chi connectivity index (χ2v) is 8.48. The number of carbonyl (C=O) groups excluding carboxylic acids is 1. The average Bonchev–Trinajstić information content (AvgIpc) is 3.15. The maximum Gasteiger partial charge on any atom is 0.327 e. The van der Waals surface area contributed by atoms with E-state index in [-0.39, 0.29) is 30.5 Å². The van der Waals surface area contributed by atoms with Crippen LogP contribution in [-0.4, -0.2) is 64.1 Å². The lowest BCUT2D eigenvalue weighted by Crippen LogP contribution is -2.49. The second-order valence-electron chi connectivity index (χ2n) is 7.42. The van der Waals surface area contributed by atoms with E-state index in [1.54, 1.807) is 6.20 Å². The Kier molecular flexibility index (Phi) is 6.07. The number of nitrogens with two attached hydrogens (primary N) is 1. The van der Waals surface area contributed by atoms with Crippen molar-refractivity contribution in [3.05, 3.63) is 36.0 Å². The van der Waals surface area contributed by atoms with Crippen molar-refractivity contribution in [1.82, 2.24) is 24.8 Å². The zero-order valence-corrected chi connectivity index (χ0v) is 18.3. The number of amides is 1. The standard InChI is InChI=1S/C20H23N7O3S/c1-12-10-29-11-16(28)27(12)19-23-17(15-8-22-18(21)31-15)24-20(25-19)30-14-6-4-13(5-7-14)9-26(2)3/h4-8,12H,9-11H2,1-3H3,(H2,21,22). The van der Waals surface area contributed by atoms with Crippen LogP contribution in [0.4, 0.5) is 11.1 Å². The highest BCUT2D eigenvalue weighted by atomic mass is 32.1. The number of hydrogen-bond donors (Lipinski definition) is 1. The Morgan fingerprint density at radius 1 is 1.26 bits per heavy atom. The number of nitrogens with zero attached hydrogens (tertiary/aromatic N) is 6. The van der Waals surface area contributed by atoms with Crippen molar-refractivity contribution in [1.29, 1.82) is 0 Å². The molecule has 1 fully saturated rings. The van der Waals surface area contributed by atoms with Crippen LogP contribution in [0.1, 0.15) is 12.5 Å². The van der Waals surface area contributed by atoms with Crippen molar-refractivity contribution in [2.75, 3.05) is 37.9 Å². The molecule has 11 heteroatoms. The Balaban J connectivity index is 1.68. The monoisotopic (exact) mass is 441 g/mol. The molecule has 10 nitrogen and oxygen atoms in total. The lowest BCUT2D eigenvalue weighted by atomic mass is 10.2. The SMILES string of the molecule is CC1COCC(=O)N1c1nc(Oc2ccc(CN(C)C)cc2)nc(-c2cnc(N)s2)n1. The van der Waals surface area contributed by atoms with Gasteiger partial charge in [0.25, 0.3) is 5.91 Å². The lowest BCUT2D eigenvalue weighted by Gasteiger charge is -2.31. The number of nitrogen functional groups attached to an aromatic ring is 1. The van der Waals surface area contributed by atoms with E-state index in [2.05, 4.69) is 24.8 Å². The summed E-state index contributed by atoms with van der Waals surface area (Å²) in [6.07, 6.45) is 1.59. The van der Waals surface area contributed by atoms with E-state index >= 15 is 0 Å². The van der Waals surface area contributed by atoms with E-state index < -0.39 is 0 Å². The van der Waals surface area contributed by atoms with Crippen LogP contribution >= 0.6 is 11.3 Å². The van der Waals surface area contributed by atoms with Gasteiger partial charge in [-0.05, 0) is 38.7 Å². The number of thiazole rings is 1. The zero-order valence-electron chi connectivity index (χ0n) is 17.5. The van der Waals surface area contributed by atoms with Crippen molar-refractivity contribution in [3.63, 3.8) is 0 Å². The molecule has 1 amide bonds. The van der Waals surface area contributed by atoms with Crippen molar-refractivity contribution in [2.24, 2.45) is 0 Å². The topological polar surface area (TPSA) is 120 Å². The van der Waals surface area contributed by atoms with E-state index in [9.17, 15) is 4.79 Å². The fourth-order valence-electron chi connectivity index (χ4n) is 3.15. The largest absolute Gasteiger partial charge is 0.424 e. The van der Waals surface area contributed by atoms with Gasteiger partial charge in [-0.3, -0.25) is 9.69 Å². The molecule has 162 valence electrons. The molecule has 0 bridgehead atoms. The molecule has 1 aliphatic heterocycles. The first-order valence-electron chi connectivity index (χ1n) is 9.68. The molecule has 2 N–H and O–H groups in total. The third-order valence-electron chi connectivity index (χ3n) is 4.49. The Labute approximate surface area is 183 Å². The first-order chi connectivity index (χ1) is 14.9. The minimum Gasteiger partial charge on any atom is -0.424 e. The molecular formula is C20H23N7O3S. The molecule has 3 aromatic rings. The summed E-state index contributed by atoms with van der Waals surface area (Å²) in [5.41, 5.74) is 6.93. The molecule has 0 saturated carbocycles. The molecule has 1 atom stereocenters. The number of aromatic nitrogens is 4. The predicted molar refractivity (Wildman–Crippen MR) is 117 cm³/mol. The van der Waals surface area contributed by atoms with Crippen LogP contribution in [-0.2, 0) is 16.1 Å². The quantitative estimate of drug-likeness (QED) is 0.614. The Morgan fingerprint density at radius 3 is 2.68 bits per heavy atom. The van der Waals surface area contributed by atoms with Gasteiger partial charge in [0.2, 0.25) is 5.95 Å². The van der Waals surface area contributed by atoms with Gasteiger partial charge in [-0.25, -0.2) is 4.98 Å². The summed E-state index contributed by atoms with van der Waals surface area (Å²) in [5.74, 6) is 0.899. The number of carbonyl (C=O) groups is 1. The highest BCUT2D eigenvalue weighted by Gasteiger charge is 2.30. The van der Waals surface area contributed by atoms with Gasteiger partial charge in [-0.2, -0.15) is 15.0 Å². The normalized spacial score (nSPS) is 16.7. The summed E-state index contributed by atoms with van der Waals surface area (Å²) in [5, 5.41) is 0.395. The van der Waals surface area contributed by atoms with Crippen LogP contribution in [0.3, 0.4) is 0 Å². The summed E-state index contributed by atoms with van der Waals surface area (Å²) in [4.78, 5) is 34.1. The van der Waals surface area contributed by atoms with Gasteiger partial charge >= 0.3 is 6.01 Å². The van der Waals surface area contributed by atoms with E-state index in [4.69, 9.17) is 15.2 Å². The highest BCUT2D eigenvalue weighted by Crippen LogP contribution is 2.29. The highest BCUT2D eigenvalue weighted by molar-refractivity contribution is 7.18. The van der Waals surface area contributed by atoms with Gasteiger partial charge in [0.05, 0.1) is 23.7 Å². The number of rotatable bonds is 6. The third kappa shape index (κ3) is 4.95. The van der Waals surface area contributed by atoms with Crippen molar-refractivity contribution < 1.29 is 14.3 Å². The number of ether oxygens (including phenoxy) is 2. The fraction of sp³-hybridized carbons (Fsp3) is 0.350. The maximum absolute atomic E-state index is 12.5. The van der Waals surface area contributed by atoms with Gasteiger partial charge in [0.15, 0.2) is 11.0 Å². The van der Waals surface area contributed by atoms with Crippen molar-refractivity contribution >= 4 is 28.3 Å². The Hall–Kier alpha value is -3.15. The molecular weight excluding hydrogens is 418 g/mol. The van der Waals surface area contributed by atoms with Crippen LogP contribution in [0.5, 0.6) is 11.8 Å². The van der Waals surface area contributed by atoms with Crippen molar-refractivity contribution in [3.8, 4) is 22.5 Å². The third-order valence-corrected chi connectivity index (χ3v) is 5.31. The zero-order chi connectivity index (χ0) is 22.0. The van der Waals surface area contributed by atoms with Crippen LogP contribution in [0, 0.1) is 0 Å². The molecule has 31 heavy (non-hydrogen) atoms. The molecule has 4 rings (SSSR count). The van der Waals surface area contributed by atoms with E-state index in [1.807, 2.05) is 45.3 Å². The lowest BCUT2D eigenvalue weighted by molar-refractivity contribution is -0.127. The predicted octanol–water partition coefficient (Wildman–Crippen LogP) is 2.18. The van der Waals surface area contributed by atoms with Gasteiger partial charge in [-0.15, -0.1) is 0 Å². The first-order valence-corrected chi connectivity index (χ1v) is 10.5. The summed E-state index contributed by atoms with van der Waals surface area (Å²) in [6.45, 7) is 3.06. The minimum atomic E-state index is -0.223. The molecule has 0 radical (unpaired) electrons. The van der Waals surface area contributed by atoms with Crippen molar-refractivity contribution in [2.45, 2.75) is 19.5 Å². The van der Waals surface area contributed by atoms with Gasteiger partial charge in [0.1, 0.15) is 12.4 Å². The number of anilines is 2. The average molecular weight is 442 g/mol. The van der Waals surface area contributed by atoms with E-state index in [1.165, 1.54) is 16.2 Å². The smallest absolute Gasteiger partial charge is 0.327 e. The van der Waals surface area contributed by atoms with Gasteiger partial charge < -0.3 is 20.1 Å². The van der Waals surface area contributed by atoms with Crippen LogP contribution in [0.25, 0.3) is 10.7 Å². The fourth-order valence-corrected chi connectivity index (χ4v) is 3.77. The molecule has 2 aromatic heterocycles. The molecule has 3 heterocycles. The summed E-state index contributed by atoms with van der Waals surface area (Å²) in [7, 11) is 4.02. The second kappa shape index (κ2) is 8.92. The van der Waals surface area contributed by atoms with Gasteiger partial charge in [0, 0.05) is 6.54 Å². The van der Waals surface area contributed by atoms with Gasteiger partial charge in [-0.1, -0.05) is 23.5 Å². The van der Waals surface area contributed by atoms with Crippen LogP contribution in [0.15, 0.2) is 30.5 Å². The van der Waals surface area contributed by atoms with Crippen LogP contribution in [0.2, 0.25) is 0 Å². The molecule has 1 aliphatic rings. The van der Waals surface area contributed by atoms with E-state index in [0.717, 1.165) is 12.1 Å². The minimum absolute atomic E-state index is 0.0254. The van der Waals surface area contributed by atoms with E-state index in [0.29, 0.717) is 28.2 Å². The molecule has 1 unspecified atom stereocenters. The molecule has 0 spiro atoms. The maximum atomic E-state index is 12.5. The molecule has 0 aliphatic carbocycles. The number of benzene rings is 1. The number of morpholine rings is 1.